The predicted molar refractivity (Wildman–Crippen MR) is 110 cm³/mol. The van der Waals surface area contributed by atoms with Gasteiger partial charge in [-0.1, -0.05) is 12.1 Å². The molecule has 5 nitrogen and oxygen atoms in total. The minimum atomic E-state index is -0.228. The Morgan fingerprint density at radius 3 is 2.55 bits per heavy atom. The number of carbonyl (C=O) groups excluding carboxylic acids is 1. The zero-order chi connectivity index (χ0) is 20.4. The molecule has 29 heavy (non-hydrogen) atoms. The molecule has 2 aliphatic rings. The zero-order valence-electron chi connectivity index (χ0n) is 16.9. The van der Waals surface area contributed by atoms with Crippen LogP contribution in [-0.2, 0) is 4.74 Å². The lowest BCUT2D eigenvalue weighted by molar-refractivity contribution is -0.0388. The maximum Gasteiger partial charge on any atom is 0.257 e. The highest BCUT2D eigenvalue weighted by molar-refractivity contribution is 5.97. The van der Waals surface area contributed by atoms with Crippen LogP contribution in [0.5, 0.6) is 5.75 Å². The number of likely N-dealkylation sites (tertiary alicyclic amines) is 1. The highest BCUT2D eigenvalue weighted by Crippen LogP contribution is 2.39. The fraction of sp³-hybridized carbons (Fsp3) is 0.435. The number of para-hydroxylation sites is 1. The molecule has 0 bridgehead atoms. The van der Waals surface area contributed by atoms with Crippen molar-refractivity contribution >= 4 is 11.6 Å². The number of halogens is 1. The van der Waals surface area contributed by atoms with E-state index in [1.165, 1.54) is 12.1 Å². The quantitative estimate of drug-likeness (QED) is 0.787. The number of ether oxygens (including phenoxy) is 2. The van der Waals surface area contributed by atoms with Crippen molar-refractivity contribution in [2.75, 3.05) is 38.8 Å². The number of benzene rings is 2. The molecule has 4 rings (SSSR count). The molecule has 6 heteroatoms. The fourth-order valence-corrected chi connectivity index (χ4v) is 4.41. The van der Waals surface area contributed by atoms with Crippen LogP contribution in [0.2, 0.25) is 0 Å². The van der Waals surface area contributed by atoms with Crippen molar-refractivity contribution in [1.82, 2.24) is 4.90 Å². The van der Waals surface area contributed by atoms with Crippen molar-refractivity contribution in [2.24, 2.45) is 0 Å². The molecule has 2 aromatic rings. The summed E-state index contributed by atoms with van der Waals surface area (Å²) in [4.78, 5) is 17.0. The van der Waals surface area contributed by atoms with Gasteiger partial charge in [0, 0.05) is 25.8 Å². The van der Waals surface area contributed by atoms with E-state index in [1.54, 1.807) is 19.2 Å². The van der Waals surface area contributed by atoms with Gasteiger partial charge in [0.15, 0.2) is 0 Å². The SMILES string of the molecule is COc1ccccc1C(=O)N1CCC2(CC1)C[C@@H](N(C)c1ccc(F)cc1)CO2. The molecule has 0 saturated carbocycles. The van der Waals surface area contributed by atoms with Gasteiger partial charge in [-0.25, -0.2) is 4.39 Å². The van der Waals surface area contributed by atoms with Gasteiger partial charge in [-0.3, -0.25) is 4.79 Å². The Morgan fingerprint density at radius 1 is 1.17 bits per heavy atom. The smallest absolute Gasteiger partial charge is 0.257 e. The molecule has 0 aromatic heterocycles. The number of rotatable bonds is 4. The molecule has 2 aliphatic heterocycles. The Balaban J connectivity index is 1.38. The van der Waals surface area contributed by atoms with E-state index in [9.17, 15) is 9.18 Å². The maximum absolute atomic E-state index is 13.2. The standard InChI is InChI=1S/C23H27FN2O3/c1-25(18-9-7-17(24)8-10-18)19-15-23(29-16-19)11-13-26(14-12-23)22(27)20-5-3-4-6-21(20)28-2/h3-10,19H,11-16H2,1-2H3/t19-/m1/s1. The first kappa shape index (κ1) is 19.7. The first-order chi connectivity index (χ1) is 14.0. The summed E-state index contributed by atoms with van der Waals surface area (Å²) in [6, 6.07) is 14.2. The first-order valence-electron chi connectivity index (χ1n) is 10.1. The van der Waals surface area contributed by atoms with Gasteiger partial charge in [-0.2, -0.15) is 0 Å². The minimum absolute atomic E-state index is 0.00952. The summed E-state index contributed by atoms with van der Waals surface area (Å²) in [5, 5.41) is 0. The van der Waals surface area contributed by atoms with E-state index < -0.39 is 0 Å². The van der Waals surface area contributed by atoms with E-state index in [0.29, 0.717) is 31.0 Å². The first-order valence-corrected chi connectivity index (χ1v) is 10.1. The van der Waals surface area contributed by atoms with E-state index in [1.807, 2.05) is 36.2 Å². The van der Waals surface area contributed by atoms with E-state index in [-0.39, 0.29) is 23.4 Å². The molecule has 2 aromatic carbocycles. The second-order valence-electron chi connectivity index (χ2n) is 7.93. The summed E-state index contributed by atoms with van der Waals surface area (Å²) in [6.07, 6.45) is 2.56. The van der Waals surface area contributed by atoms with Crippen LogP contribution in [0.1, 0.15) is 29.6 Å². The molecule has 0 unspecified atom stereocenters. The zero-order valence-corrected chi connectivity index (χ0v) is 16.9. The fourth-order valence-electron chi connectivity index (χ4n) is 4.41. The Bertz CT molecular complexity index is 863. The van der Waals surface area contributed by atoms with E-state index >= 15 is 0 Å². The Kier molecular flexibility index (Phi) is 5.46. The number of piperidine rings is 1. The predicted octanol–water partition coefficient (Wildman–Crippen LogP) is 3.73. The highest BCUT2D eigenvalue weighted by atomic mass is 19.1. The third-order valence-electron chi connectivity index (χ3n) is 6.27. The van der Waals surface area contributed by atoms with Gasteiger partial charge in [0.25, 0.3) is 5.91 Å². The number of hydrogen-bond donors (Lipinski definition) is 0. The lowest BCUT2D eigenvalue weighted by Gasteiger charge is -2.39. The molecular weight excluding hydrogens is 371 g/mol. The van der Waals surface area contributed by atoms with E-state index in [4.69, 9.17) is 9.47 Å². The average Bonchev–Trinajstić information content (AvgIpc) is 3.17. The summed E-state index contributed by atoms with van der Waals surface area (Å²) in [5.41, 5.74) is 1.41. The second-order valence-corrected chi connectivity index (χ2v) is 7.93. The topological polar surface area (TPSA) is 42.0 Å². The van der Waals surface area contributed by atoms with Crippen LogP contribution in [0.25, 0.3) is 0 Å². The monoisotopic (exact) mass is 398 g/mol. The molecule has 154 valence electrons. The van der Waals surface area contributed by atoms with Crippen molar-refractivity contribution in [3.8, 4) is 5.75 Å². The van der Waals surface area contributed by atoms with Crippen molar-refractivity contribution < 1.29 is 18.7 Å². The van der Waals surface area contributed by atoms with Crippen molar-refractivity contribution in [3.63, 3.8) is 0 Å². The van der Waals surface area contributed by atoms with E-state index in [0.717, 1.165) is 24.9 Å². The summed E-state index contributed by atoms with van der Waals surface area (Å²) >= 11 is 0. The van der Waals surface area contributed by atoms with Crippen molar-refractivity contribution in [2.45, 2.75) is 30.9 Å². The van der Waals surface area contributed by atoms with E-state index in [2.05, 4.69) is 4.90 Å². The van der Waals surface area contributed by atoms with Gasteiger partial charge >= 0.3 is 0 Å². The molecule has 0 aliphatic carbocycles. The van der Waals surface area contributed by atoms with Crippen LogP contribution in [0, 0.1) is 5.82 Å². The van der Waals surface area contributed by atoms with Crippen LogP contribution >= 0.6 is 0 Å². The number of hydrogen-bond acceptors (Lipinski definition) is 4. The summed E-state index contributed by atoms with van der Waals surface area (Å²) < 4.78 is 24.8. The largest absolute Gasteiger partial charge is 0.496 e. The number of methoxy groups -OCH3 is 1. The molecule has 2 heterocycles. The number of carbonyl (C=O) groups is 1. The third-order valence-corrected chi connectivity index (χ3v) is 6.27. The van der Waals surface area contributed by atoms with Crippen molar-refractivity contribution in [3.05, 3.63) is 59.9 Å². The van der Waals surface area contributed by atoms with Gasteiger partial charge in [-0.05, 0) is 55.7 Å². The van der Waals surface area contributed by atoms with Crippen LogP contribution < -0.4 is 9.64 Å². The molecule has 1 amide bonds. The molecule has 0 radical (unpaired) electrons. The van der Waals surface area contributed by atoms with Crippen LogP contribution in [0.3, 0.4) is 0 Å². The third kappa shape index (κ3) is 3.94. The molecule has 1 spiro atoms. The molecular formula is C23H27FN2O3. The molecule has 2 fully saturated rings. The molecule has 2 saturated heterocycles. The summed E-state index contributed by atoms with van der Waals surface area (Å²) in [5.74, 6) is 0.388. The minimum Gasteiger partial charge on any atom is -0.496 e. The second kappa shape index (κ2) is 8.03. The van der Waals surface area contributed by atoms with Gasteiger partial charge < -0.3 is 19.3 Å². The van der Waals surface area contributed by atoms with Gasteiger partial charge in [0.1, 0.15) is 11.6 Å². The Labute approximate surface area is 171 Å². The Hall–Kier alpha value is -2.60. The summed E-state index contributed by atoms with van der Waals surface area (Å²) in [7, 11) is 3.61. The Morgan fingerprint density at radius 2 is 1.86 bits per heavy atom. The van der Waals surface area contributed by atoms with Gasteiger partial charge in [0.05, 0.1) is 30.9 Å². The van der Waals surface area contributed by atoms with Gasteiger partial charge in [-0.15, -0.1) is 0 Å². The normalized spacial score (nSPS) is 20.7. The molecule has 0 N–H and O–H groups in total. The number of amides is 1. The lowest BCUT2D eigenvalue weighted by atomic mass is 9.87. The van der Waals surface area contributed by atoms with Crippen LogP contribution in [-0.4, -0.2) is 56.3 Å². The summed E-state index contributed by atoms with van der Waals surface area (Å²) in [6.45, 7) is 1.99. The number of nitrogens with zero attached hydrogens (tertiary/aromatic N) is 2. The lowest BCUT2D eigenvalue weighted by Crippen LogP contribution is -2.47. The van der Waals surface area contributed by atoms with Crippen LogP contribution in [0.15, 0.2) is 48.5 Å². The van der Waals surface area contributed by atoms with Crippen molar-refractivity contribution in [1.29, 1.82) is 0 Å². The number of likely N-dealkylation sites (N-methyl/N-ethyl adjacent to an activating group) is 1. The van der Waals surface area contributed by atoms with Crippen LogP contribution in [0.4, 0.5) is 10.1 Å². The average molecular weight is 398 g/mol. The van der Waals surface area contributed by atoms with Gasteiger partial charge in [0.2, 0.25) is 0 Å². The maximum atomic E-state index is 13.2. The number of anilines is 1. The highest BCUT2D eigenvalue weighted by Gasteiger charge is 2.44. The molecule has 1 atom stereocenters.